The zero-order valence-electron chi connectivity index (χ0n) is 15.5. The molecule has 0 unspecified atom stereocenters. The molecule has 0 spiro atoms. The minimum Gasteiger partial charge on any atom is -0.780 e. The van der Waals surface area contributed by atoms with E-state index in [9.17, 15) is 0 Å². The van der Waals surface area contributed by atoms with Gasteiger partial charge >= 0.3 is 19.8 Å². The fourth-order valence-corrected chi connectivity index (χ4v) is 2.31. The van der Waals surface area contributed by atoms with E-state index >= 15 is 0 Å². The van der Waals surface area contributed by atoms with Crippen LogP contribution in [0.5, 0.6) is 0 Å². The van der Waals surface area contributed by atoms with Crippen LogP contribution in [-0.4, -0.2) is 0 Å². The Morgan fingerprint density at radius 3 is 0.483 bits per heavy atom. The van der Waals surface area contributed by atoms with Crippen molar-refractivity contribution in [1.82, 2.24) is 0 Å². The second-order valence-corrected chi connectivity index (χ2v) is 7.14. The Morgan fingerprint density at radius 2 is 0.414 bits per heavy atom. The first kappa shape index (κ1) is 27.4. The van der Waals surface area contributed by atoms with Crippen molar-refractivity contribution in [3.05, 3.63) is 121 Å². The quantitative estimate of drug-likeness (QED) is 0.208. The third-order valence-corrected chi connectivity index (χ3v) is 4.06. The SMILES string of the molecule is [Os+4].[S-]c1ccccc1.[S-]c1ccccc1.[S-]c1ccccc1.[S-]c1ccccc1. The van der Waals surface area contributed by atoms with Gasteiger partial charge in [-0.15, -0.1) is 0 Å². The van der Waals surface area contributed by atoms with Crippen LogP contribution in [0.3, 0.4) is 0 Å². The maximum absolute atomic E-state index is 4.81. The van der Waals surface area contributed by atoms with Crippen LogP contribution in [0.2, 0.25) is 0 Å². The first-order chi connectivity index (χ1) is 13.6. The number of rotatable bonds is 0. The van der Waals surface area contributed by atoms with Gasteiger partial charge in [-0.25, -0.2) is 0 Å². The summed E-state index contributed by atoms with van der Waals surface area (Å²) in [5.74, 6) is 0. The van der Waals surface area contributed by atoms with E-state index in [1.165, 1.54) is 0 Å². The Morgan fingerprint density at radius 1 is 0.276 bits per heavy atom. The van der Waals surface area contributed by atoms with Crippen molar-refractivity contribution < 1.29 is 19.8 Å². The van der Waals surface area contributed by atoms with E-state index in [0.717, 1.165) is 19.6 Å². The van der Waals surface area contributed by atoms with Gasteiger partial charge in [0.25, 0.3) is 0 Å². The van der Waals surface area contributed by atoms with Crippen molar-refractivity contribution in [1.29, 1.82) is 0 Å². The molecule has 0 N–H and O–H groups in total. The molecule has 0 aromatic heterocycles. The van der Waals surface area contributed by atoms with E-state index in [2.05, 4.69) is 0 Å². The normalized spacial score (nSPS) is 8.28. The van der Waals surface area contributed by atoms with Crippen molar-refractivity contribution in [2.75, 3.05) is 0 Å². The Labute approximate surface area is 209 Å². The van der Waals surface area contributed by atoms with Gasteiger partial charge in [0.2, 0.25) is 0 Å². The molecule has 0 fully saturated rings. The van der Waals surface area contributed by atoms with Crippen molar-refractivity contribution in [3.63, 3.8) is 0 Å². The van der Waals surface area contributed by atoms with Crippen molar-refractivity contribution >= 4 is 50.5 Å². The van der Waals surface area contributed by atoms with Crippen molar-refractivity contribution in [2.24, 2.45) is 0 Å². The first-order valence-corrected chi connectivity index (χ1v) is 10.1. The van der Waals surface area contributed by atoms with Gasteiger partial charge in [-0.1, -0.05) is 121 Å². The molecule has 0 heterocycles. The molecule has 0 atom stereocenters. The standard InChI is InChI=1S/4C6H6S.Os/c4*7-6-4-2-1-3-5-6;/h4*1-5,7H;/q;;;;+4/p-4. The molecule has 4 aromatic rings. The molecule has 0 bridgehead atoms. The van der Waals surface area contributed by atoms with Crippen molar-refractivity contribution in [3.8, 4) is 0 Å². The molecule has 0 nitrogen and oxygen atoms in total. The molecule has 0 saturated carbocycles. The van der Waals surface area contributed by atoms with Crippen LogP contribution >= 0.6 is 0 Å². The van der Waals surface area contributed by atoms with Gasteiger partial charge in [0.05, 0.1) is 0 Å². The predicted molar refractivity (Wildman–Crippen MR) is 128 cm³/mol. The smallest absolute Gasteiger partial charge is 0.780 e. The summed E-state index contributed by atoms with van der Waals surface area (Å²) in [5.41, 5.74) is 0. The van der Waals surface area contributed by atoms with Gasteiger partial charge in [-0.2, -0.15) is 19.6 Å². The molecule has 4 aromatic carbocycles. The zero-order valence-corrected chi connectivity index (χ0v) is 21.3. The predicted octanol–water partition coefficient (Wildman–Crippen LogP) is 6.37. The van der Waals surface area contributed by atoms with Crippen LogP contribution < -0.4 is 0 Å². The minimum atomic E-state index is 0. The fourth-order valence-electron chi connectivity index (χ4n) is 1.68. The second kappa shape index (κ2) is 18.4. The topological polar surface area (TPSA) is 0 Å². The molecule has 148 valence electrons. The molecule has 0 amide bonds. The fraction of sp³-hybridized carbons (Fsp3) is 0. The van der Waals surface area contributed by atoms with Crippen LogP contribution in [0.1, 0.15) is 0 Å². The summed E-state index contributed by atoms with van der Waals surface area (Å²) in [6, 6.07) is 38.5. The van der Waals surface area contributed by atoms with Crippen LogP contribution in [-0.2, 0) is 70.3 Å². The summed E-state index contributed by atoms with van der Waals surface area (Å²) in [4.78, 5) is 3.62. The molecular formula is C24H20OsS4. The van der Waals surface area contributed by atoms with Gasteiger partial charge < -0.3 is 50.5 Å². The molecule has 0 saturated heterocycles. The van der Waals surface area contributed by atoms with Gasteiger partial charge in [0, 0.05) is 0 Å². The van der Waals surface area contributed by atoms with E-state index in [1.807, 2.05) is 121 Å². The molecule has 0 aliphatic rings. The number of benzene rings is 4. The molecular weight excluding hydrogens is 607 g/mol. The van der Waals surface area contributed by atoms with E-state index < -0.39 is 0 Å². The average Bonchev–Trinajstić information content (AvgIpc) is 2.72. The summed E-state index contributed by atoms with van der Waals surface area (Å²) in [5, 5.41) is 0. The second-order valence-electron chi connectivity index (χ2n) is 5.25. The van der Waals surface area contributed by atoms with E-state index in [1.54, 1.807) is 0 Å². The van der Waals surface area contributed by atoms with Gasteiger partial charge in [-0.05, 0) is 0 Å². The Kier molecular flexibility index (Phi) is 17.4. The van der Waals surface area contributed by atoms with E-state index in [0.29, 0.717) is 0 Å². The number of hydrogen-bond acceptors (Lipinski definition) is 4. The van der Waals surface area contributed by atoms with Crippen molar-refractivity contribution in [2.45, 2.75) is 19.6 Å². The monoisotopic (exact) mass is 628 g/mol. The zero-order chi connectivity index (χ0) is 20.5. The third-order valence-electron chi connectivity index (χ3n) is 2.97. The summed E-state index contributed by atoms with van der Waals surface area (Å²) < 4.78 is 0. The summed E-state index contributed by atoms with van der Waals surface area (Å²) in [7, 11) is 0. The van der Waals surface area contributed by atoms with Crippen LogP contribution in [0.15, 0.2) is 141 Å². The minimum absolute atomic E-state index is 0. The van der Waals surface area contributed by atoms with Crippen LogP contribution in [0.4, 0.5) is 0 Å². The van der Waals surface area contributed by atoms with E-state index in [-0.39, 0.29) is 19.8 Å². The van der Waals surface area contributed by atoms with Gasteiger partial charge in [-0.3, -0.25) is 0 Å². The first-order valence-electron chi connectivity index (χ1n) is 8.46. The Hall–Kier alpha value is -1.60. The van der Waals surface area contributed by atoms with Crippen LogP contribution in [0.25, 0.3) is 0 Å². The molecule has 4 rings (SSSR count). The molecule has 0 radical (unpaired) electrons. The van der Waals surface area contributed by atoms with Crippen LogP contribution in [0, 0.1) is 0 Å². The summed E-state index contributed by atoms with van der Waals surface area (Å²) >= 11 is 19.2. The summed E-state index contributed by atoms with van der Waals surface area (Å²) in [6.45, 7) is 0. The molecule has 29 heavy (non-hydrogen) atoms. The largest absolute Gasteiger partial charge is 4.00 e. The maximum atomic E-state index is 4.81. The Balaban J connectivity index is 0.000000356. The third kappa shape index (κ3) is 17.0. The molecule has 0 aliphatic carbocycles. The van der Waals surface area contributed by atoms with Gasteiger partial charge in [0.1, 0.15) is 0 Å². The average molecular weight is 627 g/mol. The molecule has 0 aliphatic heterocycles. The summed E-state index contributed by atoms with van der Waals surface area (Å²) in [6.07, 6.45) is 0. The number of hydrogen-bond donors (Lipinski definition) is 0. The van der Waals surface area contributed by atoms with Gasteiger partial charge in [0.15, 0.2) is 0 Å². The van der Waals surface area contributed by atoms with E-state index in [4.69, 9.17) is 50.5 Å². The molecule has 5 heteroatoms. The maximum Gasteiger partial charge on any atom is 4.00 e. The Bertz CT molecular complexity index is 693.